The zero-order valence-corrected chi connectivity index (χ0v) is 34.5. The maximum Gasteiger partial charge on any atom is 0.338 e. The summed E-state index contributed by atoms with van der Waals surface area (Å²) in [6, 6.07) is 19.7. The molecule has 4 aliphatic rings. The number of halogens is 1. The summed E-state index contributed by atoms with van der Waals surface area (Å²) in [6.07, 6.45) is 13.9. The molecule has 1 saturated heterocycles. The van der Waals surface area contributed by atoms with Crippen molar-refractivity contribution < 1.29 is 33.6 Å². The SMILES string of the molecule is O=C(OC1CN(CCCCc2ccc3c(c2)OCCO3)CCCN(CCCCc2ccc3c(c2)OCCO3)CC1C1CCCCCCCC1O)c1ccc(Cl)cc1. The fourth-order valence-electron chi connectivity index (χ4n) is 9.22. The fraction of sp³-hybridized carbons (Fsp3) is 0.596. The van der Waals surface area contributed by atoms with E-state index in [4.69, 9.17) is 35.3 Å². The first kappa shape index (κ1) is 41.7. The van der Waals surface area contributed by atoms with Crippen molar-refractivity contribution in [3.8, 4) is 23.0 Å². The maximum absolute atomic E-state index is 13.9. The van der Waals surface area contributed by atoms with Gasteiger partial charge in [-0.05, 0) is 150 Å². The Hall–Kier alpha value is -3.50. The molecule has 3 aromatic rings. The molecule has 7 rings (SSSR count). The third kappa shape index (κ3) is 12.3. The lowest BCUT2D eigenvalue weighted by Gasteiger charge is -2.39. The molecule has 1 N–H and O–H groups in total. The molecule has 9 nitrogen and oxygen atoms in total. The lowest BCUT2D eigenvalue weighted by atomic mass is 9.78. The molecule has 4 unspecified atom stereocenters. The van der Waals surface area contributed by atoms with E-state index in [1.54, 1.807) is 24.3 Å². The molecule has 3 aromatic carbocycles. The Balaban J connectivity index is 1.07. The molecule has 57 heavy (non-hydrogen) atoms. The van der Waals surface area contributed by atoms with Gasteiger partial charge in [-0.25, -0.2) is 4.79 Å². The lowest BCUT2D eigenvalue weighted by Crippen LogP contribution is -2.48. The molecule has 10 heteroatoms. The van der Waals surface area contributed by atoms with Crippen molar-refractivity contribution >= 4 is 17.6 Å². The average Bonchev–Trinajstić information content (AvgIpc) is 3.39. The number of esters is 1. The van der Waals surface area contributed by atoms with Gasteiger partial charge >= 0.3 is 5.97 Å². The van der Waals surface area contributed by atoms with E-state index in [2.05, 4.69) is 34.1 Å². The van der Waals surface area contributed by atoms with Gasteiger partial charge in [-0.2, -0.15) is 0 Å². The quantitative estimate of drug-likeness (QED) is 0.135. The van der Waals surface area contributed by atoms with E-state index in [1.165, 1.54) is 30.4 Å². The lowest BCUT2D eigenvalue weighted by molar-refractivity contribution is -0.0419. The second-order valence-corrected chi connectivity index (χ2v) is 17.0. The van der Waals surface area contributed by atoms with Crippen LogP contribution in [0.5, 0.6) is 23.0 Å². The number of hydrogen-bond donors (Lipinski definition) is 1. The van der Waals surface area contributed by atoms with Gasteiger partial charge in [-0.3, -0.25) is 4.90 Å². The summed E-state index contributed by atoms with van der Waals surface area (Å²) in [6.45, 7) is 7.66. The van der Waals surface area contributed by atoms with E-state index in [0.717, 1.165) is 126 Å². The Morgan fingerprint density at radius 3 is 1.79 bits per heavy atom. The molecule has 3 aliphatic heterocycles. The number of rotatable bonds is 13. The van der Waals surface area contributed by atoms with Crippen LogP contribution in [-0.4, -0.2) is 98.8 Å². The van der Waals surface area contributed by atoms with E-state index < -0.39 is 6.10 Å². The minimum atomic E-state index is -0.415. The Morgan fingerprint density at radius 1 is 0.632 bits per heavy atom. The van der Waals surface area contributed by atoms with Gasteiger partial charge in [0.2, 0.25) is 0 Å². The van der Waals surface area contributed by atoms with Crippen molar-refractivity contribution in [3.05, 3.63) is 82.4 Å². The number of aliphatic hydroxyl groups is 1. The zero-order chi connectivity index (χ0) is 39.2. The molecule has 1 saturated carbocycles. The molecule has 0 bridgehead atoms. The standard InChI is InChI=1S/C47H63ClN2O7/c48-38-19-17-37(18-20-38)47(52)57-46-34-50(24-9-7-12-36-16-22-43-45(32-36)56-30-28-54-43)26-10-25-49(33-40(46)39-13-4-2-1-3-5-14-41(39)51)23-8-6-11-35-15-21-42-44(31-35)55-29-27-53-42/h15-22,31-32,39-41,46,51H,1-14,23-30,33-34H2. The zero-order valence-electron chi connectivity index (χ0n) is 33.7. The molecule has 0 radical (unpaired) electrons. The van der Waals surface area contributed by atoms with Gasteiger partial charge in [0.05, 0.1) is 11.7 Å². The summed E-state index contributed by atoms with van der Waals surface area (Å²) in [5, 5.41) is 12.5. The number of benzene rings is 3. The first-order valence-electron chi connectivity index (χ1n) is 21.8. The van der Waals surface area contributed by atoms with Crippen molar-refractivity contribution in [2.45, 2.75) is 102 Å². The molecule has 4 atom stereocenters. The van der Waals surface area contributed by atoms with Crippen molar-refractivity contribution in [1.82, 2.24) is 9.80 Å². The summed E-state index contributed by atoms with van der Waals surface area (Å²) >= 11 is 6.22. The molecule has 0 spiro atoms. The number of carbonyl (C=O) groups is 1. The molecule has 1 aliphatic carbocycles. The van der Waals surface area contributed by atoms with Crippen LogP contribution in [-0.2, 0) is 17.6 Å². The van der Waals surface area contributed by atoms with E-state index in [1.807, 2.05) is 12.1 Å². The van der Waals surface area contributed by atoms with Gasteiger partial charge in [-0.1, -0.05) is 55.8 Å². The van der Waals surface area contributed by atoms with Gasteiger partial charge in [0.1, 0.15) is 32.5 Å². The smallest absolute Gasteiger partial charge is 0.338 e. The monoisotopic (exact) mass is 802 g/mol. The topological polar surface area (TPSA) is 89.9 Å². The van der Waals surface area contributed by atoms with Gasteiger partial charge in [0.25, 0.3) is 0 Å². The highest BCUT2D eigenvalue weighted by molar-refractivity contribution is 6.30. The fourth-order valence-corrected chi connectivity index (χ4v) is 9.35. The maximum atomic E-state index is 13.9. The molecule has 0 aromatic heterocycles. The summed E-state index contributed by atoms with van der Waals surface area (Å²) in [7, 11) is 0. The minimum absolute atomic E-state index is 0.00505. The van der Waals surface area contributed by atoms with Gasteiger partial charge in [0, 0.05) is 24.0 Å². The summed E-state index contributed by atoms with van der Waals surface area (Å²) in [5.41, 5.74) is 3.04. The number of aliphatic hydroxyl groups excluding tert-OH is 1. The minimum Gasteiger partial charge on any atom is -0.486 e. The Labute approximate surface area is 344 Å². The Bertz CT molecular complexity index is 1710. The van der Waals surface area contributed by atoms with Crippen LogP contribution in [0.1, 0.15) is 98.5 Å². The van der Waals surface area contributed by atoms with Crippen LogP contribution >= 0.6 is 11.6 Å². The number of nitrogens with zero attached hydrogens (tertiary/aromatic N) is 2. The summed E-state index contributed by atoms with van der Waals surface area (Å²) in [5.74, 6) is 3.10. The highest BCUT2D eigenvalue weighted by Crippen LogP contribution is 2.35. The number of ether oxygens (including phenoxy) is 5. The predicted molar refractivity (Wildman–Crippen MR) is 224 cm³/mol. The van der Waals surface area contributed by atoms with E-state index in [-0.39, 0.29) is 23.9 Å². The van der Waals surface area contributed by atoms with Gasteiger partial charge in [0.15, 0.2) is 23.0 Å². The van der Waals surface area contributed by atoms with Gasteiger partial charge < -0.3 is 33.7 Å². The van der Waals surface area contributed by atoms with Crippen molar-refractivity contribution in [2.75, 3.05) is 65.7 Å². The second-order valence-electron chi connectivity index (χ2n) is 16.5. The molecule has 310 valence electrons. The molecule has 2 fully saturated rings. The summed E-state index contributed by atoms with van der Waals surface area (Å²) < 4.78 is 29.8. The van der Waals surface area contributed by atoms with Crippen LogP contribution in [0, 0.1) is 11.8 Å². The first-order chi connectivity index (χ1) is 28.0. The van der Waals surface area contributed by atoms with Crippen LogP contribution in [0.25, 0.3) is 0 Å². The number of unbranched alkanes of at least 4 members (excludes halogenated alkanes) is 2. The van der Waals surface area contributed by atoms with E-state index in [9.17, 15) is 9.90 Å². The number of aryl methyl sites for hydroxylation is 2. The Morgan fingerprint density at radius 2 is 1.18 bits per heavy atom. The van der Waals surface area contributed by atoms with E-state index in [0.29, 0.717) is 43.6 Å². The highest BCUT2D eigenvalue weighted by atomic mass is 35.5. The number of hydrogen-bond acceptors (Lipinski definition) is 9. The van der Waals surface area contributed by atoms with Crippen molar-refractivity contribution in [2.24, 2.45) is 11.8 Å². The predicted octanol–water partition coefficient (Wildman–Crippen LogP) is 8.80. The number of fused-ring (bicyclic) bond motifs is 2. The Kier molecular flexibility index (Phi) is 15.7. The third-order valence-electron chi connectivity index (χ3n) is 12.3. The second kappa shape index (κ2) is 21.5. The summed E-state index contributed by atoms with van der Waals surface area (Å²) in [4.78, 5) is 19.1. The molecule has 3 heterocycles. The van der Waals surface area contributed by atoms with Crippen LogP contribution in [0.15, 0.2) is 60.7 Å². The first-order valence-corrected chi connectivity index (χ1v) is 22.2. The molecule has 0 amide bonds. The normalized spacial score (nSPS) is 23.5. The average molecular weight is 803 g/mol. The third-order valence-corrected chi connectivity index (χ3v) is 12.6. The van der Waals surface area contributed by atoms with Crippen LogP contribution in [0.2, 0.25) is 5.02 Å². The van der Waals surface area contributed by atoms with Crippen LogP contribution < -0.4 is 18.9 Å². The number of carbonyl (C=O) groups excluding carboxylic acids is 1. The van der Waals surface area contributed by atoms with Crippen LogP contribution in [0.4, 0.5) is 0 Å². The molecular weight excluding hydrogens is 740 g/mol. The van der Waals surface area contributed by atoms with Crippen molar-refractivity contribution in [3.63, 3.8) is 0 Å². The van der Waals surface area contributed by atoms with Crippen molar-refractivity contribution in [1.29, 1.82) is 0 Å². The van der Waals surface area contributed by atoms with Crippen LogP contribution in [0.3, 0.4) is 0 Å². The molecular formula is C47H63ClN2O7. The van der Waals surface area contributed by atoms with E-state index >= 15 is 0 Å². The highest BCUT2D eigenvalue weighted by Gasteiger charge is 2.39. The van der Waals surface area contributed by atoms with Gasteiger partial charge in [-0.15, -0.1) is 0 Å². The largest absolute Gasteiger partial charge is 0.486 e.